The van der Waals surface area contributed by atoms with Gasteiger partial charge in [-0.3, -0.25) is 0 Å². The van der Waals surface area contributed by atoms with E-state index >= 15 is 0 Å². The van der Waals surface area contributed by atoms with Crippen LogP contribution in [0.3, 0.4) is 0 Å². The van der Waals surface area contributed by atoms with Crippen LogP contribution < -0.4 is 0 Å². The van der Waals surface area contributed by atoms with Gasteiger partial charge in [0.25, 0.3) is 0 Å². The molecule has 3 atom stereocenters. The van der Waals surface area contributed by atoms with Crippen molar-refractivity contribution in [2.75, 3.05) is 0 Å². The van der Waals surface area contributed by atoms with Gasteiger partial charge in [0, 0.05) is 0 Å². The van der Waals surface area contributed by atoms with E-state index < -0.39 is 0 Å². The summed E-state index contributed by atoms with van der Waals surface area (Å²) in [5.41, 5.74) is 2.95. The predicted molar refractivity (Wildman–Crippen MR) is 89.9 cm³/mol. The van der Waals surface area contributed by atoms with Crippen molar-refractivity contribution in [2.45, 2.75) is 92.4 Å². The van der Waals surface area contributed by atoms with Crippen molar-refractivity contribution in [1.29, 1.82) is 0 Å². The molecule has 0 aromatic rings. The Morgan fingerprint density at radius 2 is 1.95 bits per heavy atom. The largest absolute Gasteiger partial charge is 0.0882 e. The van der Waals surface area contributed by atoms with E-state index in [9.17, 15) is 0 Å². The average Bonchev–Trinajstić information content (AvgIpc) is 2.70. The van der Waals surface area contributed by atoms with Crippen molar-refractivity contribution >= 4 is 0 Å². The molecule has 0 amide bonds. The summed E-state index contributed by atoms with van der Waals surface area (Å²) in [4.78, 5) is 0. The van der Waals surface area contributed by atoms with Gasteiger partial charge in [-0.05, 0) is 74.5 Å². The van der Waals surface area contributed by atoms with Gasteiger partial charge in [-0.1, -0.05) is 52.2 Å². The average molecular weight is 277 g/mol. The smallest absolute Gasteiger partial charge is 0.0147 e. The molecule has 0 spiro atoms. The van der Waals surface area contributed by atoms with Crippen LogP contribution in [0.15, 0.2) is 11.6 Å². The number of hydrogen-bond donors (Lipinski definition) is 0. The minimum Gasteiger partial charge on any atom is -0.0882 e. The molecule has 2 fully saturated rings. The summed E-state index contributed by atoms with van der Waals surface area (Å²) >= 11 is 0. The minimum absolute atomic E-state index is 0.519. The van der Waals surface area contributed by atoms with Gasteiger partial charge in [0.2, 0.25) is 0 Å². The fourth-order valence-corrected chi connectivity index (χ4v) is 5.01. The highest BCUT2D eigenvalue weighted by Crippen LogP contribution is 2.58. The quantitative estimate of drug-likeness (QED) is 0.393. The normalized spacial score (nSPS) is 36.4. The standard InChI is InChI=1S/C20H36/c1-6-16-10-9-15-20(5)17(12-13-18(16)20)11-7-8-14-19(2,3)4/h6,17-18H,7-15H2,1-5H3/b16-6+. The lowest BCUT2D eigenvalue weighted by molar-refractivity contribution is 0.126. The highest BCUT2D eigenvalue weighted by Gasteiger charge is 2.48. The molecule has 0 heterocycles. The lowest BCUT2D eigenvalue weighted by Gasteiger charge is -2.42. The van der Waals surface area contributed by atoms with Gasteiger partial charge in [-0.15, -0.1) is 0 Å². The van der Waals surface area contributed by atoms with Gasteiger partial charge in [0.05, 0.1) is 0 Å². The van der Waals surface area contributed by atoms with Crippen molar-refractivity contribution in [3.63, 3.8) is 0 Å². The maximum absolute atomic E-state index is 2.61. The molecule has 2 aliphatic rings. The lowest BCUT2D eigenvalue weighted by Crippen LogP contribution is -2.33. The van der Waals surface area contributed by atoms with Crippen molar-refractivity contribution < 1.29 is 0 Å². The molecule has 2 rings (SSSR count). The molecule has 2 saturated carbocycles. The van der Waals surface area contributed by atoms with E-state index in [2.05, 4.69) is 40.7 Å². The van der Waals surface area contributed by atoms with Gasteiger partial charge in [-0.25, -0.2) is 0 Å². The summed E-state index contributed by atoms with van der Waals surface area (Å²) in [6.07, 6.45) is 15.5. The third-order valence-corrected chi connectivity index (χ3v) is 6.26. The Hall–Kier alpha value is -0.260. The number of hydrogen-bond acceptors (Lipinski definition) is 0. The Morgan fingerprint density at radius 1 is 1.20 bits per heavy atom. The molecule has 0 aromatic heterocycles. The van der Waals surface area contributed by atoms with Crippen LogP contribution in [0.1, 0.15) is 92.4 Å². The van der Waals surface area contributed by atoms with Crippen molar-refractivity contribution in [2.24, 2.45) is 22.7 Å². The summed E-state index contributed by atoms with van der Waals surface area (Å²) in [7, 11) is 0. The molecule has 3 unspecified atom stereocenters. The van der Waals surface area contributed by atoms with Gasteiger partial charge in [-0.2, -0.15) is 0 Å². The number of rotatable bonds is 4. The van der Waals surface area contributed by atoms with Gasteiger partial charge >= 0.3 is 0 Å². The first-order valence-electron chi connectivity index (χ1n) is 9.02. The zero-order chi connectivity index (χ0) is 14.8. The molecule has 0 radical (unpaired) electrons. The first-order chi connectivity index (χ1) is 9.37. The van der Waals surface area contributed by atoms with Crippen LogP contribution in [-0.4, -0.2) is 0 Å². The van der Waals surface area contributed by atoms with Crippen LogP contribution in [0.4, 0.5) is 0 Å². The second-order valence-corrected chi connectivity index (χ2v) is 8.86. The highest BCUT2D eigenvalue weighted by atomic mass is 14.5. The summed E-state index contributed by atoms with van der Waals surface area (Å²) in [5.74, 6) is 1.93. The van der Waals surface area contributed by atoms with Gasteiger partial charge in [0.1, 0.15) is 0 Å². The molecule has 20 heavy (non-hydrogen) atoms. The third kappa shape index (κ3) is 3.49. The van der Waals surface area contributed by atoms with Crippen LogP contribution in [0, 0.1) is 22.7 Å². The number of unbranched alkanes of at least 4 members (excludes halogenated alkanes) is 1. The van der Waals surface area contributed by atoms with Crippen molar-refractivity contribution in [3.05, 3.63) is 11.6 Å². The monoisotopic (exact) mass is 276 g/mol. The Kier molecular flexibility index (Phi) is 5.03. The fraction of sp³-hybridized carbons (Fsp3) is 0.900. The molecule has 0 aliphatic heterocycles. The van der Waals surface area contributed by atoms with Gasteiger partial charge in [0.15, 0.2) is 0 Å². The molecular weight excluding hydrogens is 240 g/mol. The van der Waals surface area contributed by atoms with Crippen molar-refractivity contribution in [3.8, 4) is 0 Å². The molecule has 0 N–H and O–H groups in total. The summed E-state index contributed by atoms with van der Waals surface area (Å²) < 4.78 is 0. The van der Waals surface area contributed by atoms with Crippen LogP contribution in [0.5, 0.6) is 0 Å². The Balaban J connectivity index is 1.87. The van der Waals surface area contributed by atoms with E-state index in [0.717, 1.165) is 11.8 Å². The predicted octanol–water partition coefficient (Wildman–Crippen LogP) is 6.76. The Morgan fingerprint density at radius 3 is 2.60 bits per heavy atom. The Bertz CT molecular complexity index is 344. The van der Waals surface area contributed by atoms with Crippen LogP contribution >= 0.6 is 0 Å². The van der Waals surface area contributed by atoms with E-state index in [1.54, 1.807) is 5.57 Å². The molecule has 0 heteroatoms. The van der Waals surface area contributed by atoms with Crippen LogP contribution in [-0.2, 0) is 0 Å². The molecular formula is C20H36. The zero-order valence-electron chi connectivity index (χ0n) is 14.6. The first-order valence-corrected chi connectivity index (χ1v) is 9.02. The second kappa shape index (κ2) is 6.24. The minimum atomic E-state index is 0.519. The van der Waals surface area contributed by atoms with E-state index in [1.165, 1.54) is 57.8 Å². The molecule has 0 aromatic carbocycles. The summed E-state index contributed by atoms with van der Waals surface area (Å²) in [5, 5.41) is 0. The van der Waals surface area contributed by atoms with Gasteiger partial charge < -0.3 is 0 Å². The van der Waals surface area contributed by atoms with Crippen LogP contribution in [0.2, 0.25) is 0 Å². The van der Waals surface area contributed by atoms with E-state index in [1.807, 2.05) is 0 Å². The maximum Gasteiger partial charge on any atom is -0.0147 e. The molecule has 0 saturated heterocycles. The zero-order valence-corrected chi connectivity index (χ0v) is 14.6. The fourth-order valence-electron chi connectivity index (χ4n) is 5.01. The summed E-state index contributed by atoms with van der Waals surface area (Å²) in [6, 6.07) is 0. The first kappa shape index (κ1) is 16.1. The number of allylic oxidation sites excluding steroid dienone is 2. The number of fused-ring (bicyclic) bond motifs is 1. The SMILES string of the molecule is C/C=C1\CCCC2(C)C(CCCCC(C)(C)C)CCC12. The van der Waals surface area contributed by atoms with E-state index in [0.29, 0.717) is 10.8 Å². The van der Waals surface area contributed by atoms with Crippen LogP contribution in [0.25, 0.3) is 0 Å². The molecule has 2 aliphatic carbocycles. The highest BCUT2D eigenvalue weighted by molar-refractivity contribution is 5.17. The second-order valence-electron chi connectivity index (χ2n) is 8.86. The Labute approximate surface area is 127 Å². The molecule has 0 bridgehead atoms. The lowest BCUT2D eigenvalue weighted by atomic mass is 9.62. The molecule has 0 nitrogen and oxygen atoms in total. The maximum atomic E-state index is 2.61. The molecule has 116 valence electrons. The van der Waals surface area contributed by atoms with E-state index in [-0.39, 0.29) is 0 Å². The third-order valence-electron chi connectivity index (χ3n) is 6.26. The van der Waals surface area contributed by atoms with Crippen molar-refractivity contribution in [1.82, 2.24) is 0 Å². The summed E-state index contributed by atoms with van der Waals surface area (Å²) in [6.45, 7) is 12.0. The topological polar surface area (TPSA) is 0 Å². The van der Waals surface area contributed by atoms with E-state index in [4.69, 9.17) is 0 Å².